The number of hydrogen-bond acceptors (Lipinski definition) is 2. The van der Waals surface area contributed by atoms with Crippen molar-refractivity contribution in [1.29, 1.82) is 0 Å². The van der Waals surface area contributed by atoms with E-state index in [-0.39, 0.29) is 5.29 Å². The molecule has 0 spiro atoms. The summed E-state index contributed by atoms with van der Waals surface area (Å²) in [6.45, 7) is 0. The Morgan fingerprint density at radius 1 is 0.900 bits per heavy atom. The van der Waals surface area contributed by atoms with Gasteiger partial charge in [-0.2, -0.15) is 0 Å². The second-order valence-corrected chi connectivity index (χ2v) is 5.75. The van der Waals surface area contributed by atoms with E-state index in [4.69, 9.17) is 34.8 Å². The van der Waals surface area contributed by atoms with E-state index in [0.717, 1.165) is 16.7 Å². The van der Waals surface area contributed by atoms with Crippen LogP contribution >= 0.6 is 34.8 Å². The van der Waals surface area contributed by atoms with Crippen molar-refractivity contribution < 1.29 is 0 Å². The van der Waals surface area contributed by atoms with Gasteiger partial charge in [0.2, 0.25) is 5.29 Å². The van der Waals surface area contributed by atoms with E-state index in [9.17, 15) is 0 Å². The van der Waals surface area contributed by atoms with Crippen LogP contribution in [-0.2, 0) is 5.00 Å². The summed E-state index contributed by atoms with van der Waals surface area (Å²) in [5.41, 5.74) is 2.92. The van der Waals surface area contributed by atoms with Crippen molar-refractivity contribution in [2.24, 2.45) is 9.98 Å². The smallest absolute Gasteiger partial charge is 0.219 e. The Kier molecular flexibility index (Phi) is 3.55. The van der Waals surface area contributed by atoms with E-state index in [1.807, 2.05) is 48.5 Å². The fraction of sp³-hybridized carbons (Fsp3) is 0.0667. The van der Waals surface area contributed by atoms with Crippen molar-refractivity contribution in [3.05, 3.63) is 59.1 Å². The normalized spacial score (nSPS) is 21.1. The fourth-order valence-corrected chi connectivity index (χ4v) is 2.63. The Labute approximate surface area is 131 Å². The molecule has 1 unspecified atom stereocenters. The third-order valence-corrected chi connectivity index (χ3v) is 3.88. The first-order valence-electron chi connectivity index (χ1n) is 5.93. The van der Waals surface area contributed by atoms with Crippen molar-refractivity contribution >= 4 is 46.3 Å². The summed E-state index contributed by atoms with van der Waals surface area (Å²) in [5.74, 6) is 0. The fourth-order valence-electron chi connectivity index (χ4n) is 2.03. The number of nitrogens with zero attached hydrogens (tertiary/aromatic N) is 2. The molecule has 2 aromatic rings. The highest BCUT2D eigenvalue weighted by Crippen LogP contribution is 2.35. The lowest BCUT2D eigenvalue weighted by Crippen LogP contribution is -2.14. The third-order valence-electron chi connectivity index (χ3n) is 3.04. The van der Waals surface area contributed by atoms with Crippen molar-refractivity contribution in [3.63, 3.8) is 0 Å². The first-order valence-corrected chi connectivity index (χ1v) is 7.06. The average Bonchev–Trinajstić information content (AvgIpc) is 2.81. The van der Waals surface area contributed by atoms with Crippen LogP contribution in [0.15, 0.2) is 58.5 Å². The second-order valence-electron chi connectivity index (χ2n) is 4.40. The first kappa shape index (κ1) is 13.6. The van der Waals surface area contributed by atoms with Gasteiger partial charge in [-0.1, -0.05) is 53.5 Å². The molecule has 2 nitrogen and oxygen atoms in total. The minimum atomic E-state index is -1.01. The van der Waals surface area contributed by atoms with Gasteiger partial charge in [-0.25, -0.2) is 9.98 Å². The van der Waals surface area contributed by atoms with E-state index >= 15 is 0 Å². The highest BCUT2D eigenvalue weighted by molar-refractivity contribution is 6.66. The van der Waals surface area contributed by atoms with Gasteiger partial charge in [0, 0.05) is 10.6 Å². The van der Waals surface area contributed by atoms with Crippen molar-refractivity contribution in [3.8, 4) is 11.1 Å². The maximum Gasteiger partial charge on any atom is 0.219 e. The zero-order chi connectivity index (χ0) is 14.2. The van der Waals surface area contributed by atoms with Crippen molar-refractivity contribution in [1.82, 2.24) is 0 Å². The molecule has 1 aliphatic heterocycles. The molecule has 0 aromatic heterocycles. The molecule has 0 saturated heterocycles. The van der Waals surface area contributed by atoms with E-state index < -0.39 is 5.00 Å². The van der Waals surface area contributed by atoms with Gasteiger partial charge in [-0.05, 0) is 40.9 Å². The summed E-state index contributed by atoms with van der Waals surface area (Å²) in [6.07, 6.45) is 1.54. The van der Waals surface area contributed by atoms with Crippen LogP contribution in [0.3, 0.4) is 0 Å². The molecule has 0 saturated carbocycles. The highest BCUT2D eigenvalue weighted by Gasteiger charge is 2.31. The topological polar surface area (TPSA) is 24.7 Å². The SMILES string of the molecule is ClC1=NC(Cl)(c2cccc(-c3ccc(Cl)cc3)c2)C=N1. The molecule has 3 rings (SSSR count). The van der Waals surface area contributed by atoms with Crippen LogP contribution < -0.4 is 0 Å². The summed E-state index contributed by atoms with van der Waals surface area (Å²) in [7, 11) is 0. The maximum absolute atomic E-state index is 6.43. The van der Waals surface area contributed by atoms with Crippen molar-refractivity contribution in [2.75, 3.05) is 0 Å². The number of alkyl halides is 1. The third kappa shape index (κ3) is 2.59. The predicted octanol–water partition coefficient (Wildman–Crippen LogP) is 5.08. The average molecular weight is 324 g/mol. The molecule has 5 heteroatoms. The summed E-state index contributed by atoms with van der Waals surface area (Å²) >= 11 is 18.1. The summed E-state index contributed by atoms with van der Waals surface area (Å²) in [4.78, 5) is 7.05. The molecule has 0 N–H and O–H groups in total. The zero-order valence-electron chi connectivity index (χ0n) is 10.2. The predicted molar refractivity (Wildman–Crippen MR) is 86.2 cm³/mol. The van der Waals surface area contributed by atoms with Crippen LogP contribution in [0.4, 0.5) is 0 Å². The maximum atomic E-state index is 6.43. The Morgan fingerprint density at radius 3 is 2.30 bits per heavy atom. The zero-order valence-corrected chi connectivity index (χ0v) is 12.5. The molecule has 0 bridgehead atoms. The summed E-state index contributed by atoms with van der Waals surface area (Å²) < 4.78 is 0. The molecule has 2 aromatic carbocycles. The Bertz CT molecular complexity index is 707. The summed E-state index contributed by atoms with van der Waals surface area (Å²) in [6, 6.07) is 15.4. The Morgan fingerprint density at radius 2 is 1.65 bits per heavy atom. The highest BCUT2D eigenvalue weighted by atomic mass is 35.5. The number of rotatable bonds is 2. The van der Waals surface area contributed by atoms with Gasteiger partial charge in [-0.3, -0.25) is 0 Å². The van der Waals surface area contributed by atoms with Crippen LogP contribution in [-0.4, -0.2) is 11.5 Å². The van der Waals surface area contributed by atoms with E-state index in [2.05, 4.69) is 9.98 Å². The molecule has 100 valence electrons. The van der Waals surface area contributed by atoms with Crippen LogP contribution in [0.1, 0.15) is 5.56 Å². The lowest BCUT2D eigenvalue weighted by atomic mass is 10.00. The molecule has 1 aliphatic rings. The van der Waals surface area contributed by atoms with E-state index in [0.29, 0.717) is 5.02 Å². The molecule has 0 radical (unpaired) electrons. The molecule has 0 fully saturated rings. The number of benzene rings is 2. The van der Waals surface area contributed by atoms with Crippen LogP contribution in [0.5, 0.6) is 0 Å². The summed E-state index contributed by atoms with van der Waals surface area (Å²) in [5, 5.41) is 0.870. The monoisotopic (exact) mass is 322 g/mol. The van der Waals surface area contributed by atoms with Gasteiger partial charge < -0.3 is 0 Å². The standard InChI is InChI=1S/C15H9Cl3N2/c16-13-6-4-10(5-7-13)11-2-1-3-12(8-11)15(18)9-19-14(17)20-15/h1-9H. The molecule has 20 heavy (non-hydrogen) atoms. The van der Waals surface area contributed by atoms with Gasteiger partial charge in [0.1, 0.15) is 0 Å². The van der Waals surface area contributed by atoms with Crippen LogP contribution in [0, 0.1) is 0 Å². The number of amidine groups is 1. The van der Waals surface area contributed by atoms with E-state index in [1.54, 1.807) is 0 Å². The van der Waals surface area contributed by atoms with Gasteiger partial charge >= 0.3 is 0 Å². The first-order chi connectivity index (χ1) is 9.57. The number of aliphatic imine (C=N–C) groups is 2. The van der Waals surface area contributed by atoms with E-state index in [1.165, 1.54) is 6.21 Å². The van der Waals surface area contributed by atoms with Crippen LogP contribution in [0.2, 0.25) is 5.02 Å². The Balaban J connectivity index is 2.03. The van der Waals surface area contributed by atoms with Gasteiger partial charge in [0.25, 0.3) is 0 Å². The molecular weight excluding hydrogens is 315 g/mol. The van der Waals surface area contributed by atoms with Crippen LogP contribution in [0.25, 0.3) is 11.1 Å². The lowest BCUT2D eigenvalue weighted by molar-refractivity contribution is 0.906. The lowest BCUT2D eigenvalue weighted by Gasteiger charge is -2.15. The molecular formula is C15H9Cl3N2. The second kappa shape index (κ2) is 5.21. The van der Waals surface area contributed by atoms with Gasteiger partial charge in [0.15, 0.2) is 5.00 Å². The largest absolute Gasteiger partial charge is 0.227 e. The van der Waals surface area contributed by atoms with Gasteiger partial charge in [0.05, 0.1) is 6.21 Å². The molecule has 0 amide bonds. The Hall–Kier alpha value is -1.35. The number of halogens is 3. The van der Waals surface area contributed by atoms with Gasteiger partial charge in [-0.15, -0.1) is 0 Å². The minimum Gasteiger partial charge on any atom is -0.227 e. The van der Waals surface area contributed by atoms with Crippen molar-refractivity contribution in [2.45, 2.75) is 5.00 Å². The molecule has 1 atom stereocenters. The molecule has 1 heterocycles. The molecule has 0 aliphatic carbocycles. The minimum absolute atomic E-state index is 0.164. The number of hydrogen-bond donors (Lipinski definition) is 0. The quantitative estimate of drug-likeness (QED) is 0.544.